The zero-order valence-corrected chi connectivity index (χ0v) is 16.6. The molecule has 2 atom stereocenters. The molecule has 1 aromatic heterocycles. The summed E-state index contributed by atoms with van der Waals surface area (Å²) < 4.78 is 44.6. The van der Waals surface area contributed by atoms with Crippen LogP contribution in [-0.2, 0) is 11.0 Å². The van der Waals surface area contributed by atoms with Gasteiger partial charge in [0.1, 0.15) is 29.1 Å². The van der Waals surface area contributed by atoms with Gasteiger partial charge in [-0.2, -0.15) is 13.2 Å². The van der Waals surface area contributed by atoms with Gasteiger partial charge in [-0.3, -0.25) is 4.79 Å². The lowest BCUT2D eigenvalue weighted by atomic mass is 9.94. The Balaban J connectivity index is 1.60. The average molecular weight is 406 g/mol. The van der Waals surface area contributed by atoms with Crippen molar-refractivity contribution in [2.45, 2.75) is 51.3 Å². The van der Waals surface area contributed by atoms with Gasteiger partial charge in [0.15, 0.2) is 0 Å². The molecule has 0 spiro atoms. The number of anilines is 1. The Bertz CT molecular complexity index is 837. The molecule has 0 aliphatic carbocycles. The number of hydrogen-bond donors (Lipinski definition) is 0. The summed E-state index contributed by atoms with van der Waals surface area (Å²) >= 11 is 0. The highest BCUT2D eigenvalue weighted by Crippen LogP contribution is 2.30. The smallest absolute Gasteiger partial charge is 0.433 e. The number of carbonyl (C=O) groups is 1. The van der Waals surface area contributed by atoms with E-state index in [0.29, 0.717) is 37.5 Å². The van der Waals surface area contributed by atoms with Gasteiger partial charge in [-0.1, -0.05) is 32.0 Å². The van der Waals surface area contributed by atoms with Crippen molar-refractivity contribution >= 4 is 11.6 Å². The van der Waals surface area contributed by atoms with E-state index in [1.54, 1.807) is 11.0 Å². The van der Waals surface area contributed by atoms with Crippen molar-refractivity contribution in [2.24, 2.45) is 0 Å². The zero-order valence-electron chi connectivity index (χ0n) is 16.6. The van der Waals surface area contributed by atoms with Gasteiger partial charge in [-0.15, -0.1) is 0 Å². The summed E-state index contributed by atoms with van der Waals surface area (Å²) in [7, 11) is 0. The Labute approximate surface area is 168 Å². The molecule has 1 unspecified atom stereocenters. The number of ether oxygens (including phenoxy) is 1. The van der Waals surface area contributed by atoms with Gasteiger partial charge >= 0.3 is 6.18 Å². The third-order valence-corrected chi connectivity index (χ3v) is 5.16. The van der Waals surface area contributed by atoms with Crippen molar-refractivity contribution in [1.82, 2.24) is 4.98 Å². The van der Waals surface area contributed by atoms with E-state index in [4.69, 9.17) is 4.74 Å². The van der Waals surface area contributed by atoms with E-state index >= 15 is 0 Å². The van der Waals surface area contributed by atoms with Crippen LogP contribution in [0.2, 0.25) is 0 Å². The summed E-state index contributed by atoms with van der Waals surface area (Å²) in [4.78, 5) is 17.6. The second kappa shape index (κ2) is 8.84. The molecule has 4 nitrogen and oxygen atoms in total. The second-order valence-electron chi connectivity index (χ2n) is 7.36. The van der Waals surface area contributed by atoms with Crippen LogP contribution in [0, 0.1) is 0 Å². The predicted molar refractivity (Wildman–Crippen MR) is 105 cm³/mol. The summed E-state index contributed by atoms with van der Waals surface area (Å²) in [5.41, 5.74) is 0.0683. The van der Waals surface area contributed by atoms with Crippen LogP contribution in [0.1, 0.15) is 50.3 Å². The minimum absolute atomic E-state index is 0.128. The minimum Gasteiger partial charge on any atom is -0.489 e. The lowest BCUT2D eigenvalue weighted by Crippen LogP contribution is -2.26. The van der Waals surface area contributed by atoms with E-state index in [1.807, 2.05) is 38.1 Å². The van der Waals surface area contributed by atoms with E-state index in [0.717, 1.165) is 18.1 Å². The van der Waals surface area contributed by atoms with Gasteiger partial charge in [0, 0.05) is 25.3 Å². The number of Topliss-reactive ketones (excluding diaryl/α,β-unsaturated/α-hetero) is 1. The van der Waals surface area contributed by atoms with Crippen molar-refractivity contribution in [3.05, 3.63) is 53.7 Å². The van der Waals surface area contributed by atoms with E-state index in [1.165, 1.54) is 6.07 Å². The molecule has 3 rings (SSSR count). The topological polar surface area (TPSA) is 42.4 Å². The van der Waals surface area contributed by atoms with Crippen LogP contribution in [0.5, 0.6) is 5.75 Å². The first-order chi connectivity index (χ1) is 13.8. The van der Waals surface area contributed by atoms with Crippen LogP contribution in [-0.4, -0.2) is 30.0 Å². The average Bonchev–Trinajstić information content (AvgIpc) is 3.16. The third-order valence-electron chi connectivity index (χ3n) is 5.16. The highest BCUT2D eigenvalue weighted by Gasteiger charge is 2.33. The normalized spacial score (nSPS) is 18.0. The molecule has 0 N–H and O–H groups in total. The Morgan fingerprint density at radius 1 is 1.24 bits per heavy atom. The number of carbonyl (C=O) groups excluding carboxylic acids is 1. The Morgan fingerprint density at radius 2 is 1.97 bits per heavy atom. The van der Waals surface area contributed by atoms with Gasteiger partial charge in [0.05, 0.1) is 6.54 Å². The highest BCUT2D eigenvalue weighted by atomic mass is 19.4. The van der Waals surface area contributed by atoms with Crippen LogP contribution in [0.15, 0.2) is 42.5 Å². The quantitative estimate of drug-likeness (QED) is 0.631. The SMILES string of the molecule is CCCC(=O)C(C)c1ccc(O[C@@H]2CCN(c3cccc(C(F)(F)F)n3)C2)cc1. The summed E-state index contributed by atoms with van der Waals surface area (Å²) in [6.07, 6.45) is -2.48. The fraction of sp³-hybridized carbons (Fsp3) is 0.455. The molecular weight excluding hydrogens is 381 g/mol. The summed E-state index contributed by atoms with van der Waals surface area (Å²) in [5.74, 6) is 1.08. The number of aromatic nitrogens is 1. The van der Waals surface area contributed by atoms with Crippen molar-refractivity contribution in [3.63, 3.8) is 0 Å². The van der Waals surface area contributed by atoms with Gasteiger partial charge in [-0.25, -0.2) is 4.98 Å². The van der Waals surface area contributed by atoms with Crippen molar-refractivity contribution in [1.29, 1.82) is 0 Å². The summed E-state index contributed by atoms with van der Waals surface area (Å²) in [6, 6.07) is 11.4. The van der Waals surface area contributed by atoms with Gasteiger partial charge in [-0.05, 0) is 36.2 Å². The minimum atomic E-state index is -4.46. The van der Waals surface area contributed by atoms with Crippen LogP contribution < -0.4 is 9.64 Å². The number of hydrogen-bond acceptors (Lipinski definition) is 4. The monoisotopic (exact) mass is 406 g/mol. The number of ketones is 1. The van der Waals surface area contributed by atoms with Crippen LogP contribution in [0.4, 0.5) is 19.0 Å². The number of rotatable bonds is 7. The number of alkyl halides is 3. The fourth-order valence-electron chi connectivity index (χ4n) is 3.47. The van der Waals surface area contributed by atoms with Crippen LogP contribution in [0.25, 0.3) is 0 Å². The Kier molecular flexibility index (Phi) is 6.45. The molecular formula is C22H25F3N2O2. The molecule has 2 aromatic rings. The molecule has 0 radical (unpaired) electrons. The lowest BCUT2D eigenvalue weighted by Gasteiger charge is -2.19. The van der Waals surface area contributed by atoms with E-state index < -0.39 is 11.9 Å². The molecule has 0 saturated carbocycles. The van der Waals surface area contributed by atoms with Gasteiger partial charge in [0.25, 0.3) is 0 Å². The van der Waals surface area contributed by atoms with E-state index in [9.17, 15) is 18.0 Å². The fourth-order valence-corrected chi connectivity index (χ4v) is 3.47. The Morgan fingerprint density at radius 3 is 2.62 bits per heavy atom. The highest BCUT2D eigenvalue weighted by molar-refractivity contribution is 5.85. The molecule has 1 aliphatic rings. The first kappa shape index (κ1) is 21.1. The molecule has 1 fully saturated rings. The van der Waals surface area contributed by atoms with Gasteiger partial charge < -0.3 is 9.64 Å². The number of benzene rings is 1. The third kappa shape index (κ3) is 5.28. The number of pyridine rings is 1. The molecule has 0 bridgehead atoms. The van der Waals surface area contributed by atoms with Crippen LogP contribution in [0.3, 0.4) is 0 Å². The van der Waals surface area contributed by atoms with Crippen molar-refractivity contribution in [3.8, 4) is 5.75 Å². The summed E-state index contributed by atoms with van der Waals surface area (Å²) in [6.45, 7) is 4.95. The molecule has 1 saturated heterocycles. The maximum atomic E-state index is 12.9. The number of nitrogens with zero attached hydrogens (tertiary/aromatic N) is 2. The van der Waals surface area contributed by atoms with E-state index in [-0.39, 0.29) is 17.8 Å². The zero-order chi connectivity index (χ0) is 21.0. The molecule has 1 aromatic carbocycles. The largest absolute Gasteiger partial charge is 0.489 e. The van der Waals surface area contributed by atoms with Crippen molar-refractivity contribution in [2.75, 3.05) is 18.0 Å². The molecule has 7 heteroatoms. The Hall–Kier alpha value is -2.57. The maximum Gasteiger partial charge on any atom is 0.433 e. The molecule has 156 valence electrons. The molecule has 1 aliphatic heterocycles. The second-order valence-corrected chi connectivity index (χ2v) is 7.36. The molecule has 0 amide bonds. The molecule has 29 heavy (non-hydrogen) atoms. The van der Waals surface area contributed by atoms with E-state index in [2.05, 4.69) is 4.98 Å². The first-order valence-corrected chi connectivity index (χ1v) is 9.86. The van der Waals surface area contributed by atoms with Gasteiger partial charge in [0.2, 0.25) is 0 Å². The number of halogens is 3. The predicted octanol–water partition coefficient (Wildman–Crippen LogP) is 5.23. The first-order valence-electron chi connectivity index (χ1n) is 9.86. The summed E-state index contributed by atoms with van der Waals surface area (Å²) in [5, 5.41) is 0. The maximum absolute atomic E-state index is 12.9. The standard InChI is InChI=1S/C22H25F3N2O2/c1-3-5-19(28)15(2)16-8-10-17(11-9-16)29-18-12-13-27(14-18)21-7-4-6-20(26-21)22(23,24)25/h4,6-11,15,18H,3,5,12-14H2,1-2H3/t15?,18-/m1/s1. The van der Waals surface area contributed by atoms with Crippen molar-refractivity contribution < 1.29 is 22.7 Å². The molecule has 2 heterocycles. The lowest BCUT2D eigenvalue weighted by molar-refractivity contribution is -0.141. The van der Waals surface area contributed by atoms with Crippen LogP contribution >= 0.6 is 0 Å².